The van der Waals surface area contributed by atoms with Crippen LogP contribution in [0.25, 0.3) is 16.7 Å². The van der Waals surface area contributed by atoms with Crippen LogP contribution in [0.5, 0.6) is 0 Å². The summed E-state index contributed by atoms with van der Waals surface area (Å²) in [5, 5.41) is 18.6. The minimum Gasteiger partial charge on any atom is -0.394 e. The van der Waals surface area contributed by atoms with Gasteiger partial charge in [-0.2, -0.15) is 5.10 Å². The highest BCUT2D eigenvalue weighted by Gasteiger charge is 2.34. The van der Waals surface area contributed by atoms with E-state index in [1.165, 1.54) is 0 Å². The van der Waals surface area contributed by atoms with Gasteiger partial charge in [0.1, 0.15) is 12.1 Å². The van der Waals surface area contributed by atoms with Gasteiger partial charge in [-0.15, -0.1) is 0 Å². The van der Waals surface area contributed by atoms with E-state index in [4.69, 9.17) is 0 Å². The van der Waals surface area contributed by atoms with Gasteiger partial charge in [-0.3, -0.25) is 0 Å². The number of nitrogens with one attached hydrogen (secondary N) is 1. The van der Waals surface area contributed by atoms with Crippen molar-refractivity contribution in [1.82, 2.24) is 19.7 Å². The van der Waals surface area contributed by atoms with Crippen molar-refractivity contribution in [2.45, 2.75) is 31.2 Å². The molecule has 0 atom stereocenters. The number of aliphatic hydroxyl groups is 1. The van der Waals surface area contributed by atoms with E-state index in [-0.39, 0.29) is 12.1 Å². The second-order valence-corrected chi connectivity index (χ2v) is 6.12. The summed E-state index contributed by atoms with van der Waals surface area (Å²) in [5.41, 5.74) is 1.46. The van der Waals surface area contributed by atoms with Crippen LogP contribution in [0.3, 0.4) is 0 Å². The third-order valence-electron chi connectivity index (χ3n) is 4.61. The van der Waals surface area contributed by atoms with Crippen LogP contribution in [0.1, 0.15) is 25.7 Å². The van der Waals surface area contributed by atoms with Crippen LogP contribution >= 0.6 is 0 Å². The average molecular weight is 309 g/mol. The second kappa shape index (κ2) is 5.62. The number of nitrogens with zero attached hydrogens (tertiary/aromatic N) is 4. The number of rotatable bonds is 4. The summed E-state index contributed by atoms with van der Waals surface area (Å²) in [6.07, 6.45) is 7.51. The quantitative estimate of drug-likeness (QED) is 0.774. The van der Waals surface area contributed by atoms with Gasteiger partial charge in [-0.1, -0.05) is 31.0 Å². The number of anilines is 1. The molecule has 23 heavy (non-hydrogen) atoms. The average Bonchev–Trinajstić information content (AvgIpc) is 3.24. The van der Waals surface area contributed by atoms with Crippen molar-refractivity contribution in [3.63, 3.8) is 0 Å². The molecule has 118 valence electrons. The Labute approximate surface area is 134 Å². The lowest BCUT2D eigenvalue weighted by atomic mass is 9.99. The van der Waals surface area contributed by atoms with E-state index in [2.05, 4.69) is 20.4 Å². The van der Waals surface area contributed by atoms with E-state index in [1.807, 2.05) is 35.0 Å². The van der Waals surface area contributed by atoms with Gasteiger partial charge in [-0.05, 0) is 25.0 Å². The Kier molecular flexibility index (Phi) is 3.46. The zero-order valence-electron chi connectivity index (χ0n) is 12.8. The van der Waals surface area contributed by atoms with Crippen molar-refractivity contribution in [2.24, 2.45) is 0 Å². The van der Waals surface area contributed by atoms with Crippen LogP contribution in [-0.4, -0.2) is 37.0 Å². The monoisotopic (exact) mass is 309 g/mol. The van der Waals surface area contributed by atoms with Gasteiger partial charge < -0.3 is 10.4 Å². The van der Waals surface area contributed by atoms with Crippen molar-refractivity contribution in [1.29, 1.82) is 0 Å². The molecule has 2 N–H and O–H groups in total. The number of benzene rings is 1. The Balaban J connectivity index is 1.76. The highest BCUT2D eigenvalue weighted by Crippen LogP contribution is 2.34. The summed E-state index contributed by atoms with van der Waals surface area (Å²) in [6.45, 7) is 0.116. The second-order valence-electron chi connectivity index (χ2n) is 6.12. The predicted molar refractivity (Wildman–Crippen MR) is 88.6 cm³/mol. The maximum Gasteiger partial charge on any atom is 0.168 e. The Morgan fingerprint density at radius 3 is 2.65 bits per heavy atom. The van der Waals surface area contributed by atoms with Crippen molar-refractivity contribution in [2.75, 3.05) is 11.9 Å². The molecule has 0 unspecified atom stereocenters. The number of aromatic nitrogens is 4. The third-order valence-corrected chi connectivity index (χ3v) is 4.61. The Hall–Kier alpha value is -2.47. The van der Waals surface area contributed by atoms with Crippen LogP contribution in [0.2, 0.25) is 0 Å². The van der Waals surface area contributed by atoms with Gasteiger partial charge in [0.2, 0.25) is 0 Å². The van der Waals surface area contributed by atoms with E-state index >= 15 is 0 Å². The molecular weight excluding hydrogens is 290 g/mol. The lowest BCUT2D eigenvalue weighted by Gasteiger charge is -2.28. The van der Waals surface area contributed by atoms with Crippen LogP contribution < -0.4 is 5.32 Å². The molecule has 2 heterocycles. The summed E-state index contributed by atoms with van der Waals surface area (Å²) < 4.78 is 1.81. The first-order chi connectivity index (χ1) is 11.3. The molecule has 4 rings (SSSR count). The number of hydrogen-bond acceptors (Lipinski definition) is 5. The molecule has 0 radical (unpaired) electrons. The number of para-hydroxylation sites is 1. The van der Waals surface area contributed by atoms with E-state index in [9.17, 15) is 5.11 Å². The van der Waals surface area contributed by atoms with Gasteiger partial charge in [0.15, 0.2) is 5.65 Å². The lowest BCUT2D eigenvalue weighted by Crippen LogP contribution is -2.39. The van der Waals surface area contributed by atoms with Crippen LogP contribution in [-0.2, 0) is 0 Å². The summed E-state index contributed by atoms with van der Waals surface area (Å²) in [4.78, 5) is 8.77. The molecule has 0 saturated heterocycles. The zero-order valence-corrected chi connectivity index (χ0v) is 12.8. The maximum atomic E-state index is 9.81. The number of aliphatic hydroxyl groups excluding tert-OH is 1. The molecule has 6 heteroatoms. The first-order valence-corrected chi connectivity index (χ1v) is 7.95. The molecule has 1 aromatic carbocycles. The number of fused-ring (bicyclic) bond motifs is 1. The van der Waals surface area contributed by atoms with Crippen molar-refractivity contribution in [3.05, 3.63) is 42.9 Å². The molecule has 1 aliphatic carbocycles. The maximum absolute atomic E-state index is 9.81. The summed E-state index contributed by atoms with van der Waals surface area (Å²) >= 11 is 0. The Bertz CT molecular complexity index is 808. The molecule has 0 bridgehead atoms. The zero-order chi connectivity index (χ0) is 15.7. The van der Waals surface area contributed by atoms with Crippen LogP contribution in [0.4, 0.5) is 5.82 Å². The minimum absolute atomic E-state index is 0.116. The summed E-state index contributed by atoms with van der Waals surface area (Å²) in [6, 6.07) is 9.91. The summed E-state index contributed by atoms with van der Waals surface area (Å²) in [5.74, 6) is 0.744. The topological polar surface area (TPSA) is 75.9 Å². The molecule has 2 aromatic heterocycles. The molecule has 0 aliphatic heterocycles. The molecule has 1 fully saturated rings. The fraction of sp³-hybridized carbons (Fsp3) is 0.353. The molecule has 6 nitrogen and oxygen atoms in total. The van der Waals surface area contributed by atoms with Crippen LogP contribution in [0.15, 0.2) is 42.9 Å². The SMILES string of the molecule is OCC1(Nc2ncnc3c2cnn3-c2ccccc2)CCCC1. The molecule has 3 aromatic rings. The molecular formula is C17H19N5O. The normalized spacial score (nSPS) is 16.7. The molecule has 0 amide bonds. The van der Waals surface area contributed by atoms with E-state index in [0.717, 1.165) is 48.2 Å². The largest absolute Gasteiger partial charge is 0.394 e. The Morgan fingerprint density at radius 1 is 1.13 bits per heavy atom. The van der Waals surface area contributed by atoms with Crippen LogP contribution in [0, 0.1) is 0 Å². The fourth-order valence-corrected chi connectivity index (χ4v) is 3.33. The highest BCUT2D eigenvalue weighted by atomic mass is 16.3. The first-order valence-electron chi connectivity index (χ1n) is 7.95. The van der Waals surface area contributed by atoms with E-state index < -0.39 is 0 Å². The van der Waals surface area contributed by atoms with Gasteiger partial charge in [0.25, 0.3) is 0 Å². The number of hydrogen-bond donors (Lipinski definition) is 2. The standard InChI is InChI=1S/C17H19N5O/c23-11-17(8-4-5-9-17)21-15-14-10-20-22(16(14)19-12-18-15)13-6-2-1-3-7-13/h1-3,6-7,10,12,23H,4-5,8-9,11H2,(H,18,19,21). The third kappa shape index (κ3) is 2.45. The Morgan fingerprint density at radius 2 is 1.91 bits per heavy atom. The van der Waals surface area contributed by atoms with Gasteiger partial charge in [0, 0.05) is 0 Å². The molecule has 1 aliphatic rings. The van der Waals surface area contributed by atoms with E-state index in [0.29, 0.717) is 0 Å². The van der Waals surface area contributed by atoms with Gasteiger partial charge >= 0.3 is 0 Å². The molecule has 0 spiro atoms. The highest BCUT2D eigenvalue weighted by molar-refractivity contribution is 5.87. The van der Waals surface area contributed by atoms with Crippen molar-refractivity contribution < 1.29 is 5.11 Å². The predicted octanol–water partition coefficient (Wildman–Crippen LogP) is 2.53. The van der Waals surface area contributed by atoms with Gasteiger partial charge in [0.05, 0.1) is 29.4 Å². The minimum atomic E-state index is -0.268. The van der Waals surface area contributed by atoms with Crippen molar-refractivity contribution in [3.8, 4) is 5.69 Å². The summed E-state index contributed by atoms with van der Waals surface area (Å²) in [7, 11) is 0. The van der Waals surface area contributed by atoms with Crippen molar-refractivity contribution >= 4 is 16.9 Å². The van der Waals surface area contributed by atoms with Gasteiger partial charge in [-0.25, -0.2) is 14.6 Å². The fourth-order valence-electron chi connectivity index (χ4n) is 3.33. The van der Waals surface area contributed by atoms with E-state index in [1.54, 1.807) is 12.5 Å². The lowest BCUT2D eigenvalue weighted by molar-refractivity contribution is 0.214. The first kappa shape index (κ1) is 14.1. The molecule has 1 saturated carbocycles. The smallest absolute Gasteiger partial charge is 0.168 e.